The Morgan fingerprint density at radius 3 is 2.51 bits per heavy atom. The van der Waals surface area contributed by atoms with Crippen molar-refractivity contribution >= 4 is 28.4 Å². The molecule has 8 nitrogen and oxygen atoms in total. The Hall–Kier alpha value is -2.68. The molecule has 2 aromatic rings. The average Bonchev–Trinajstić information content (AvgIpc) is 3.13. The molecule has 1 saturated carbocycles. The summed E-state index contributed by atoms with van der Waals surface area (Å²) in [5.41, 5.74) is 0.410. The molecule has 8 heteroatoms. The van der Waals surface area contributed by atoms with Gasteiger partial charge in [-0.3, -0.25) is 20.7 Å². The van der Waals surface area contributed by atoms with Gasteiger partial charge in [0.1, 0.15) is 6.29 Å². The number of anilines is 1. The predicted octanol–water partition coefficient (Wildman–Crippen LogP) is 3.61. The van der Waals surface area contributed by atoms with Crippen LogP contribution in [0.2, 0.25) is 0 Å². The Labute approximate surface area is 208 Å². The van der Waals surface area contributed by atoms with E-state index in [1.165, 1.54) is 25.7 Å². The number of nitrogens with one attached hydrogen (secondary N) is 6. The summed E-state index contributed by atoms with van der Waals surface area (Å²) in [7, 11) is 1.67. The fourth-order valence-corrected chi connectivity index (χ4v) is 5.68. The first-order valence-corrected chi connectivity index (χ1v) is 13.0. The van der Waals surface area contributed by atoms with Crippen molar-refractivity contribution in [1.82, 2.24) is 26.6 Å². The Kier molecular flexibility index (Phi) is 8.59. The van der Waals surface area contributed by atoms with Crippen molar-refractivity contribution < 1.29 is 9.59 Å². The fourth-order valence-electron chi connectivity index (χ4n) is 5.68. The van der Waals surface area contributed by atoms with Gasteiger partial charge < -0.3 is 16.0 Å². The highest BCUT2D eigenvalue weighted by Crippen LogP contribution is 2.35. The maximum absolute atomic E-state index is 12.9. The van der Waals surface area contributed by atoms with Crippen LogP contribution >= 0.6 is 0 Å². The van der Waals surface area contributed by atoms with Crippen LogP contribution in [0.15, 0.2) is 42.5 Å². The van der Waals surface area contributed by atoms with Crippen LogP contribution in [0.5, 0.6) is 0 Å². The molecule has 1 aliphatic carbocycles. The van der Waals surface area contributed by atoms with Crippen molar-refractivity contribution in [2.45, 2.75) is 76.3 Å². The van der Waals surface area contributed by atoms with Gasteiger partial charge in [-0.1, -0.05) is 56.0 Å². The molecule has 0 radical (unpaired) electrons. The molecule has 3 amide bonds. The topological polar surface area (TPSA) is 106 Å². The van der Waals surface area contributed by atoms with Gasteiger partial charge in [-0.25, -0.2) is 4.79 Å². The number of hydrogen-bond acceptors (Lipinski definition) is 5. The van der Waals surface area contributed by atoms with Crippen LogP contribution in [0.25, 0.3) is 10.8 Å². The van der Waals surface area contributed by atoms with E-state index in [0.29, 0.717) is 18.9 Å². The molecule has 2 aliphatic rings. The van der Waals surface area contributed by atoms with Crippen molar-refractivity contribution in [1.29, 1.82) is 0 Å². The smallest absolute Gasteiger partial charge is 0.321 e. The lowest BCUT2D eigenvalue weighted by atomic mass is 9.80. The van der Waals surface area contributed by atoms with E-state index in [0.717, 1.165) is 35.7 Å². The summed E-state index contributed by atoms with van der Waals surface area (Å²) in [5, 5.41) is 21.9. The maximum Gasteiger partial charge on any atom is 0.321 e. The third-order valence-corrected chi connectivity index (χ3v) is 7.39. The van der Waals surface area contributed by atoms with E-state index < -0.39 is 6.29 Å². The summed E-state index contributed by atoms with van der Waals surface area (Å²) in [6.45, 7) is 2.74. The number of carbonyl (C=O) groups excluding carboxylic acids is 2. The minimum Gasteiger partial charge on any atom is -0.359 e. The highest BCUT2D eigenvalue weighted by Gasteiger charge is 2.44. The number of benzene rings is 2. The van der Waals surface area contributed by atoms with Gasteiger partial charge in [-0.05, 0) is 55.0 Å². The van der Waals surface area contributed by atoms with Crippen LogP contribution < -0.4 is 31.9 Å². The molecule has 35 heavy (non-hydrogen) atoms. The van der Waals surface area contributed by atoms with Gasteiger partial charge in [0, 0.05) is 31.7 Å². The second-order valence-electron chi connectivity index (χ2n) is 10.0. The molecule has 0 spiro atoms. The van der Waals surface area contributed by atoms with E-state index >= 15 is 0 Å². The summed E-state index contributed by atoms with van der Waals surface area (Å²) < 4.78 is 0. The normalized spacial score (nSPS) is 25.5. The third kappa shape index (κ3) is 6.72. The fraction of sp³-hybridized carbons (Fsp3) is 0.556. The van der Waals surface area contributed by atoms with Crippen LogP contribution in [-0.2, 0) is 4.79 Å². The Morgan fingerprint density at radius 2 is 1.77 bits per heavy atom. The van der Waals surface area contributed by atoms with E-state index in [1.807, 2.05) is 36.4 Å². The van der Waals surface area contributed by atoms with Crippen LogP contribution in [0.3, 0.4) is 0 Å². The molecular formula is C27H40N6O2. The molecule has 3 atom stereocenters. The number of fused-ring (bicyclic) bond motifs is 1. The molecule has 4 rings (SSSR count). The monoisotopic (exact) mass is 480 g/mol. The quantitative estimate of drug-likeness (QED) is 0.340. The van der Waals surface area contributed by atoms with Gasteiger partial charge in [0.2, 0.25) is 5.91 Å². The Balaban J connectivity index is 1.45. The molecule has 0 bridgehead atoms. The van der Waals surface area contributed by atoms with Gasteiger partial charge >= 0.3 is 6.03 Å². The molecule has 0 aromatic heterocycles. The van der Waals surface area contributed by atoms with Gasteiger partial charge in [0.15, 0.2) is 0 Å². The predicted molar refractivity (Wildman–Crippen MR) is 141 cm³/mol. The zero-order valence-corrected chi connectivity index (χ0v) is 21.0. The molecule has 1 saturated heterocycles. The average molecular weight is 481 g/mol. The summed E-state index contributed by atoms with van der Waals surface area (Å²) in [4.78, 5) is 24.8. The van der Waals surface area contributed by atoms with Crippen LogP contribution in [0.1, 0.15) is 58.3 Å². The third-order valence-electron chi connectivity index (χ3n) is 7.39. The van der Waals surface area contributed by atoms with Crippen LogP contribution in [0.4, 0.5) is 10.5 Å². The first-order chi connectivity index (χ1) is 17.0. The van der Waals surface area contributed by atoms with Gasteiger partial charge in [0.05, 0.1) is 5.66 Å². The molecule has 2 fully saturated rings. The summed E-state index contributed by atoms with van der Waals surface area (Å²) >= 11 is 0. The van der Waals surface area contributed by atoms with E-state index in [2.05, 4.69) is 44.9 Å². The standard InChI is InChI=1S/C27H40N6O2/c1-19-18-27(29-16-15-24(34)28-2,22-11-5-3-4-6-12-22)33-25(30-19)32-26(35)31-23-14-13-20-9-7-8-10-21(20)17-23/h7-10,13-14,17,19,22,25,29-30,33H,3-6,11-12,15-16,18H2,1-2H3,(H,28,34)(H2,31,32,35). The van der Waals surface area contributed by atoms with Crippen LogP contribution in [0, 0.1) is 5.92 Å². The SMILES string of the molecule is CNC(=O)CCNC1(C2CCCCCC2)CC(C)NC(NC(=O)Nc2ccc3ccccc3c2)N1. The summed E-state index contributed by atoms with van der Waals surface area (Å²) in [6.07, 6.45) is 8.18. The van der Waals surface area contributed by atoms with Crippen molar-refractivity contribution in [3.8, 4) is 0 Å². The minimum atomic E-state index is -0.394. The largest absolute Gasteiger partial charge is 0.359 e. The van der Waals surface area contributed by atoms with E-state index in [4.69, 9.17) is 0 Å². The van der Waals surface area contributed by atoms with Gasteiger partial charge in [0.25, 0.3) is 0 Å². The van der Waals surface area contributed by atoms with E-state index in [1.54, 1.807) is 7.05 Å². The van der Waals surface area contributed by atoms with Crippen molar-refractivity contribution in [2.24, 2.45) is 5.92 Å². The summed E-state index contributed by atoms with van der Waals surface area (Å²) in [6, 6.07) is 13.9. The van der Waals surface area contributed by atoms with Crippen LogP contribution in [-0.4, -0.2) is 43.5 Å². The Morgan fingerprint density at radius 1 is 1.03 bits per heavy atom. The Bertz CT molecular complexity index is 1010. The molecule has 6 N–H and O–H groups in total. The lowest BCUT2D eigenvalue weighted by Crippen LogP contribution is -2.76. The maximum atomic E-state index is 12.9. The van der Waals surface area contributed by atoms with Crippen molar-refractivity contribution in [3.63, 3.8) is 0 Å². The molecule has 3 unspecified atom stereocenters. The first kappa shape index (κ1) is 25.4. The van der Waals surface area contributed by atoms with Gasteiger partial charge in [-0.2, -0.15) is 0 Å². The number of hydrogen-bond donors (Lipinski definition) is 6. The highest BCUT2D eigenvalue weighted by atomic mass is 16.2. The second kappa shape index (κ2) is 11.8. The molecule has 1 heterocycles. The molecule has 1 aliphatic heterocycles. The minimum absolute atomic E-state index is 0.0277. The number of rotatable bonds is 7. The second-order valence-corrected chi connectivity index (χ2v) is 10.0. The number of amides is 3. The zero-order valence-electron chi connectivity index (χ0n) is 21.0. The van der Waals surface area contributed by atoms with E-state index in [9.17, 15) is 9.59 Å². The lowest BCUT2D eigenvalue weighted by molar-refractivity contribution is -0.120. The lowest BCUT2D eigenvalue weighted by Gasteiger charge is -2.50. The summed E-state index contributed by atoms with van der Waals surface area (Å²) in [5.74, 6) is 0.465. The van der Waals surface area contributed by atoms with E-state index in [-0.39, 0.29) is 23.6 Å². The van der Waals surface area contributed by atoms with Crippen molar-refractivity contribution in [2.75, 3.05) is 18.9 Å². The van der Waals surface area contributed by atoms with Gasteiger partial charge in [-0.15, -0.1) is 0 Å². The molecular weight excluding hydrogens is 440 g/mol. The number of carbonyl (C=O) groups is 2. The zero-order chi connectivity index (χ0) is 24.7. The number of urea groups is 1. The molecule has 2 aromatic carbocycles. The molecule has 190 valence electrons. The van der Waals surface area contributed by atoms with Crippen molar-refractivity contribution in [3.05, 3.63) is 42.5 Å². The first-order valence-electron chi connectivity index (χ1n) is 13.0. The highest BCUT2D eigenvalue weighted by molar-refractivity contribution is 5.93.